The van der Waals surface area contributed by atoms with Crippen molar-refractivity contribution in [1.29, 1.82) is 0 Å². The van der Waals surface area contributed by atoms with Crippen molar-refractivity contribution in [2.45, 2.75) is 252 Å². The summed E-state index contributed by atoms with van der Waals surface area (Å²) in [5, 5.41) is 27.0. The molecule has 0 aliphatic carbocycles. The molecule has 7 unspecified atom stereocenters. The fraction of sp³-hybridized carbons (Fsp3) is 0.839. The van der Waals surface area contributed by atoms with E-state index in [2.05, 4.69) is 77.2 Å². The van der Waals surface area contributed by atoms with Gasteiger partial charge in [0.1, 0.15) is 12.7 Å². The maximum absolute atomic E-state index is 13.3. The summed E-state index contributed by atoms with van der Waals surface area (Å²) in [6.07, 6.45) is -0.405. The van der Waals surface area contributed by atoms with Gasteiger partial charge >= 0.3 is 335 Å². The number of phosphoric acid groups is 2. The quantitative estimate of drug-likeness (QED) is 0.0119. The number of aliphatic hydroxyl groups excluding tert-OH is 3. The molecule has 0 aromatic rings. The van der Waals surface area contributed by atoms with Gasteiger partial charge in [0.05, 0.1) is 74.0 Å². The minimum atomic E-state index is -4.15. The summed E-state index contributed by atoms with van der Waals surface area (Å²) in [5.41, 5.74) is 0. The first-order valence-electron chi connectivity index (χ1n) is 29.1. The van der Waals surface area contributed by atoms with Gasteiger partial charge in [0.15, 0.2) is 23.4 Å². The van der Waals surface area contributed by atoms with E-state index in [0.717, 1.165) is 19.8 Å². The summed E-state index contributed by atoms with van der Waals surface area (Å²) in [4.78, 5) is 31.5. The molecule has 0 radical (unpaired) electrons. The fourth-order valence-corrected chi connectivity index (χ4v) is 13.7. The third kappa shape index (κ3) is 48.6. The Morgan fingerprint density at radius 3 is 1.19 bits per heavy atom. The summed E-state index contributed by atoms with van der Waals surface area (Å²) < 4.78 is 140. The topological polar surface area (TPSA) is 338 Å². The van der Waals surface area contributed by atoms with Gasteiger partial charge in [-0.1, -0.05) is 70.2 Å². The maximum atomic E-state index is 13.3. The predicted octanol–water partition coefficient (Wildman–Crippen LogP) is 10.4. The van der Waals surface area contributed by atoms with E-state index in [0.29, 0.717) is 32.1 Å². The molecular weight excluding hydrogens is 2160 g/mol. The van der Waals surface area contributed by atoms with Crippen LogP contribution in [0.5, 0.6) is 0 Å². The molecule has 15 atom stereocenters. The van der Waals surface area contributed by atoms with Crippen LogP contribution in [0.2, 0.25) is 36.3 Å². The number of rotatable bonds is 29. The molecule has 552 valence electrons. The molecule has 6 aliphatic rings. The number of carbonyl (C=O) groups excluding carboxylic acids is 3. The number of aliphatic hydroxyl groups is 3. The number of alkyl halides is 2. The van der Waals surface area contributed by atoms with Gasteiger partial charge in [-0.2, -0.15) is 0 Å². The summed E-state index contributed by atoms with van der Waals surface area (Å²) >= 11 is 9.53. The monoisotopic (exact) mass is 2280 g/mol. The zero-order valence-electron chi connectivity index (χ0n) is 64.1. The summed E-state index contributed by atoms with van der Waals surface area (Å²) in [6.45, 7) is 36.9. The summed E-state index contributed by atoms with van der Waals surface area (Å²) in [7, 11) is -14.3. The number of halogens is 2. The van der Waals surface area contributed by atoms with E-state index in [9.17, 15) is 38.3 Å². The van der Waals surface area contributed by atoms with Crippen molar-refractivity contribution >= 4 is 375 Å². The number of hydrogen-bond acceptors (Lipinski definition) is 28. The zero-order chi connectivity index (χ0) is 67.2. The van der Waals surface area contributed by atoms with Crippen molar-refractivity contribution in [1.82, 2.24) is 0 Å². The Morgan fingerprint density at radius 2 is 0.845 bits per heavy atom. The van der Waals surface area contributed by atoms with Crippen LogP contribution in [0.3, 0.4) is 0 Å². The Kier molecular flexibility index (Phi) is 77.2. The molecule has 97 heavy (non-hydrogen) atoms. The Morgan fingerprint density at radius 1 is 0.526 bits per heavy atom. The first-order valence-corrected chi connectivity index (χ1v) is 40.0. The average molecular weight is 2280 g/mol. The smallest absolute Gasteiger partial charge is 1.00 e. The van der Waals surface area contributed by atoms with E-state index in [-0.39, 0.29) is 402 Å². The molecule has 6 rings (SSSR count). The van der Waals surface area contributed by atoms with E-state index in [1.54, 1.807) is 26.4 Å². The number of hydrogen-bond donors (Lipinski definition) is 3. The third-order valence-electron chi connectivity index (χ3n) is 14.7. The molecule has 41 heteroatoms. The van der Waals surface area contributed by atoms with Crippen LogP contribution < -0.4 is 0 Å². The Labute approximate surface area is 842 Å². The minimum absolute atomic E-state index is 0. The molecule has 28 nitrogen and oxygen atoms in total. The van der Waals surface area contributed by atoms with E-state index in [1.165, 1.54) is 27.1 Å². The van der Waals surface area contributed by atoms with Gasteiger partial charge in [0.2, 0.25) is 13.6 Å². The molecular formula is C56H112Ba6Cl2O28P3Si2+. The first-order chi connectivity index (χ1) is 41.6. The normalized spacial score (nSPS) is 26.2. The van der Waals surface area contributed by atoms with Gasteiger partial charge in [-0.15, -0.1) is 70.8 Å². The standard InChI is InChI=1S/C20H37O9PSi.C17H32O6PSi.C13H21O10P.C3H6O3.CH2Cl2.2CH4.6Ba.6H/c1-8-16-17(9-11-23-16)28-30(22,27-14-25-15(2)21)26-13-19-18(10-12-24-19)29-31(6,7)20(3,4)5;1-7-13-14(8-10-19-13)22-24(18)21-12-16-15(9-11-20-16)23-25(5,6)17(2,3)4;1-9(15)20-8-22-24(17,21-7-13-10(16)2-4-19-13)23-11-3-5-18-12(11)6-14;1-3(5)6-2-4;2-1-3;;;;;;;;;;;;;;/h11-12,16-19H,8-10,13-14H2,1-7H3;10-11,13-16H,7-9,12H2,1-6H3;4-5,10-14,16H,2-3,6-8H2,1H3;4H,2H2,1H3;1H2;2*1H4;;;;;;;;;;;;/q-2;-1;-2;;;;;6*+2;6*-1/t16-,17?,18?,19-,30-;13-,14?,15?,16-;10?,11?,12-,13-,24-;;;;;;;;;;;;;;;;/m111................/s1. The van der Waals surface area contributed by atoms with Crippen LogP contribution in [0.15, 0.2) is 0 Å². The molecule has 6 aliphatic heterocycles. The zero-order valence-corrected chi connectivity index (χ0v) is 90.9. The summed E-state index contributed by atoms with van der Waals surface area (Å²) in [6, 6.07) is 0. The van der Waals surface area contributed by atoms with Crippen LogP contribution in [0.4, 0.5) is 0 Å². The number of esters is 3. The van der Waals surface area contributed by atoms with Gasteiger partial charge < -0.3 is 75.4 Å². The number of carbonyl (C=O) groups is 3. The van der Waals surface area contributed by atoms with Gasteiger partial charge in [0, 0.05) is 43.6 Å². The molecule has 0 saturated carbocycles. The average Bonchev–Trinajstić information content (AvgIpc) is 1.72. The third-order valence-corrected chi connectivity index (χ3v) is 27.3. The molecule has 0 spiro atoms. The van der Waals surface area contributed by atoms with Gasteiger partial charge in [-0.05, 0) is 49.1 Å². The Bertz CT molecular complexity index is 2220. The van der Waals surface area contributed by atoms with E-state index in [4.69, 9.17) is 107 Å². The van der Waals surface area contributed by atoms with Crippen LogP contribution in [0.25, 0.3) is 0 Å². The molecule has 6 heterocycles. The minimum Gasteiger partial charge on any atom is -1.00 e. The van der Waals surface area contributed by atoms with Crippen molar-refractivity contribution in [3.8, 4) is 0 Å². The van der Waals surface area contributed by atoms with Crippen molar-refractivity contribution in [2.24, 2.45) is 0 Å². The summed E-state index contributed by atoms with van der Waals surface area (Å²) in [5.74, 6) is -1.65. The molecule has 0 amide bonds. The van der Waals surface area contributed by atoms with E-state index < -0.39 is 115 Å². The van der Waals surface area contributed by atoms with Crippen LogP contribution in [-0.2, 0) is 116 Å². The van der Waals surface area contributed by atoms with Crippen molar-refractivity contribution < 1.29 is 140 Å². The molecule has 6 saturated heterocycles. The molecule has 6 fully saturated rings. The second kappa shape index (κ2) is 62.9. The number of phosphoric ester groups is 2. The Hall–Kier alpha value is 8.65. The van der Waals surface area contributed by atoms with Gasteiger partial charge in [-0.25, -0.2) is 57.8 Å². The van der Waals surface area contributed by atoms with E-state index >= 15 is 0 Å². The predicted molar refractivity (Wildman–Crippen MR) is 381 cm³/mol. The Balaban J connectivity index is -0.0000000954. The first kappa shape index (κ1) is 119. The fourth-order valence-electron chi connectivity index (χ4n) is 7.67. The SMILES string of the molecule is C.C.CC(=O)OCO.CC(=O)OCO[P@@](=O)(OC[C@H]1O[CH-]CC1O)OC1C[CH-]O[C@@H]1CO.CC[C@H]1O[CH-]CC1O[P+](=O)OC[C@H]1O[CH-]CC1O[Si](C)(C)C(C)(C)C.CC[C@H]1O[CH-]CC1O[P@@](=O)(OCOC(C)=O)OC[C@H]1O[CH-]CC1O[Si](C)(C)C(C)(C)C.ClCCl.[Ba+2].[Ba+2].[Ba+2].[Ba+2].[Ba+2].[Ba+2].[H-].[H-].[H-].[H-].[H-].[H-]. The van der Waals surface area contributed by atoms with Crippen molar-refractivity contribution in [3.63, 3.8) is 0 Å². The van der Waals surface area contributed by atoms with Crippen LogP contribution in [0.1, 0.15) is 151 Å². The van der Waals surface area contributed by atoms with Crippen LogP contribution in [0, 0.1) is 39.6 Å². The molecule has 0 bridgehead atoms. The molecule has 0 aromatic heterocycles. The van der Waals surface area contributed by atoms with Gasteiger partial charge in [0.25, 0.3) is 0 Å². The maximum Gasteiger partial charge on any atom is 2.00 e. The van der Waals surface area contributed by atoms with Crippen molar-refractivity contribution in [2.75, 3.05) is 52.1 Å². The largest absolute Gasteiger partial charge is 2.00 e. The van der Waals surface area contributed by atoms with Gasteiger partial charge in [-0.3, -0.25) is 32.5 Å². The van der Waals surface area contributed by atoms with Crippen LogP contribution in [-0.4, -0.2) is 469 Å². The molecule has 0 aromatic carbocycles. The second-order valence-corrected chi connectivity index (χ2v) is 37.9. The molecule has 3 N–H and O–H groups in total. The number of ether oxygens (including phenoxy) is 9. The van der Waals surface area contributed by atoms with E-state index in [1.807, 2.05) is 13.8 Å². The van der Waals surface area contributed by atoms with Crippen LogP contribution >= 0.6 is 47.1 Å². The van der Waals surface area contributed by atoms with Crippen molar-refractivity contribution in [3.05, 3.63) is 39.6 Å². The second-order valence-electron chi connectivity index (χ2n) is 23.4.